The Balaban J connectivity index is 1.58. The molecule has 1 fully saturated rings. The van der Waals surface area contributed by atoms with Crippen LogP contribution in [0.1, 0.15) is 47.4 Å². The third kappa shape index (κ3) is 5.01. The van der Waals surface area contributed by atoms with Gasteiger partial charge in [-0.15, -0.1) is 0 Å². The Morgan fingerprint density at radius 2 is 1.74 bits per heavy atom. The van der Waals surface area contributed by atoms with Crippen molar-refractivity contribution in [3.8, 4) is 11.4 Å². The summed E-state index contributed by atoms with van der Waals surface area (Å²) in [5.41, 5.74) is 0.0359. The highest BCUT2D eigenvalue weighted by Crippen LogP contribution is 2.46. The van der Waals surface area contributed by atoms with Crippen molar-refractivity contribution in [3.63, 3.8) is 0 Å². The lowest BCUT2D eigenvalue weighted by atomic mass is 9.62. The van der Waals surface area contributed by atoms with Gasteiger partial charge in [0.25, 0.3) is 5.91 Å². The Morgan fingerprint density at radius 3 is 2.26 bits per heavy atom. The molecule has 2 amide bonds. The van der Waals surface area contributed by atoms with Crippen LogP contribution in [0.4, 0.5) is 18.9 Å². The molecule has 1 heterocycles. The third-order valence-electron chi connectivity index (χ3n) is 6.39. The van der Waals surface area contributed by atoms with Crippen molar-refractivity contribution in [2.24, 2.45) is 0 Å². The zero-order chi connectivity index (χ0) is 25.2. The summed E-state index contributed by atoms with van der Waals surface area (Å²) in [4.78, 5) is 24.9. The van der Waals surface area contributed by atoms with Crippen molar-refractivity contribution >= 4 is 17.5 Å². The van der Waals surface area contributed by atoms with Crippen LogP contribution in [0.25, 0.3) is 5.69 Å². The standard InChI is InChI=1S/C25H25F3N4O3/c1-29-22(33)15-24(12-3-13-24)16-4-6-17(7-5-16)30-23(34)20-14-21(25(26,27)28)31-32(20)18-8-10-19(35-2)11-9-18/h4-11,14H,3,12-13,15H2,1-2H3,(H,29,33)(H,30,34). The Hall–Kier alpha value is -3.82. The van der Waals surface area contributed by atoms with Gasteiger partial charge in [-0.2, -0.15) is 18.3 Å². The Kier molecular flexibility index (Phi) is 6.56. The van der Waals surface area contributed by atoms with Gasteiger partial charge in [-0.25, -0.2) is 4.68 Å². The van der Waals surface area contributed by atoms with Gasteiger partial charge in [0.05, 0.1) is 12.8 Å². The molecular formula is C25H25F3N4O3. The van der Waals surface area contributed by atoms with Crippen LogP contribution in [-0.4, -0.2) is 35.8 Å². The van der Waals surface area contributed by atoms with Crippen LogP contribution < -0.4 is 15.4 Å². The monoisotopic (exact) mass is 486 g/mol. The predicted octanol–water partition coefficient (Wildman–Crippen LogP) is 4.71. The third-order valence-corrected chi connectivity index (χ3v) is 6.39. The molecule has 184 valence electrons. The summed E-state index contributed by atoms with van der Waals surface area (Å²) in [7, 11) is 3.08. The van der Waals surface area contributed by atoms with Gasteiger partial charge >= 0.3 is 6.18 Å². The second-order valence-corrected chi connectivity index (χ2v) is 8.54. The van der Waals surface area contributed by atoms with Crippen molar-refractivity contribution in [1.29, 1.82) is 0 Å². The van der Waals surface area contributed by atoms with Crippen LogP contribution in [0.5, 0.6) is 5.75 Å². The molecule has 3 aromatic rings. The van der Waals surface area contributed by atoms with E-state index < -0.39 is 17.8 Å². The van der Waals surface area contributed by atoms with Gasteiger partial charge < -0.3 is 15.4 Å². The van der Waals surface area contributed by atoms with E-state index in [1.165, 1.54) is 19.2 Å². The average Bonchev–Trinajstić information content (AvgIpc) is 3.28. The van der Waals surface area contributed by atoms with E-state index in [9.17, 15) is 22.8 Å². The first-order valence-electron chi connectivity index (χ1n) is 11.1. The van der Waals surface area contributed by atoms with Gasteiger partial charge in [-0.1, -0.05) is 18.6 Å². The first kappa shape index (κ1) is 24.3. The number of alkyl halides is 3. The number of aromatic nitrogens is 2. The van der Waals surface area contributed by atoms with E-state index in [-0.39, 0.29) is 22.7 Å². The number of halogens is 3. The molecule has 0 unspecified atom stereocenters. The van der Waals surface area contributed by atoms with Crippen molar-refractivity contribution in [2.45, 2.75) is 37.3 Å². The van der Waals surface area contributed by atoms with Gasteiger partial charge in [0.15, 0.2) is 5.69 Å². The zero-order valence-electron chi connectivity index (χ0n) is 19.3. The van der Waals surface area contributed by atoms with Gasteiger partial charge in [0, 0.05) is 30.6 Å². The van der Waals surface area contributed by atoms with Crippen LogP contribution >= 0.6 is 0 Å². The van der Waals surface area contributed by atoms with Crippen molar-refractivity contribution in [3.05, 3.63) is 71.5 Å². The van der Waals surface area contributed by atoms with Crippen molar-refractivity contribution < 1.29 is 27.5 Å². The topological polar surface area (TPSA) is 85.3 Å². The number of nitrogens with one attached hydrogen (secondary N) is 2. The fraction of sp³-hybridized carbons (Fsp3) is 0.320. The molecule has 1 aromatic heterocycles. The Morgan fingerprint density at radius 1 is 1.09 bits per heavy atom. The lowest BCUT2D eigenvalue weighted by molar-refractivity contribution is -0.141. The smallest absolute Gasteiger partial charge is 0.435 e. The molecule has 1 aliphatic carbocycles. The number of nitrogens with zero attached hydrogens (tertiary/aromatic N) is 2. The lowest BCUT2D eigenvalue weighted by Gasteiger charge is -2.42. The number of anilines is 1. The summed E-state index contributed by atoms with van der Waals surface area (Å²) < 4.78 is 46.1. The van der Waals surface area contributed by atoms with E-state index in [1.54, 1.807) is 31.3 Å². The fourth-order valence-corrected chi connectivity index (χ4v) is 4.27. The normalized spacial score (nSPS) is 14.7. The summed E-state index contributed by atoms with van der Waals surface area (Å²) in [5, 5.41) is 8.93. The van der Waals surface area contributed by atoms with Gasteiger partial charge in [-0.05, 0) is 54.8 Å². The number of benzene rings is 2. The molecule has 2 aromatic carbocycles. The molecule has 1 saturated carbocycles. The van der Waals surface area contributed by atoms with Crippen LogP contribution in [0.15, 0.2) is 54.6 Å². The summed E-state index contributed by atoms with van der Waals surface area (Å²) in [6.07, 6.45) is -1.50. The largest absolute Gasteiger partial charge is 0.497 e. The minimum Gasteiger partial charge on any atom is -0.497 e. The van der Waals surface area contributed by atoms with E-state index >= 15 is 0 Å². The highest BCUT2D eigenvalue weighted by Gasteiger charge is 2.40. The molecule has 0 bridgehead atoms. The minimum atomic E-state index is -4.71. The summed E-state index contributed by atoms with van der Waals surface area (Å²) in [6, 6.07) is 14.0. The maximum Gasteiger partial charge on any atom is 0.435 e. The number of methoxy groups -OCH3 is 1. The number of hydrogen-bond acceptors (Lipinski definition) is 4. The SMILES string of the molecule is CNC(=O)CC1(c2ccc(NC(=O)c3cc(C(F)(F)F)nn3-c3ccc(OC)cc3)cc2)CCC1. The Labute approximate surface area is 200 Å². The number of hydrogen-bond donors (Lipinski definition) is 2. The Bertz CT molecular complexity index is 1210. The highest BCUT2D eigenvalue weighted by atomic mass is 19.4. The number of rotatable bonds is 7. The molecule has 0 radical (unpaired) electrons. The van der Waals surface area contributed by atoms with E-state index in [4.69, 9.17) is 4.74 Å². The molecule has 0 spiro atoms. The summed E-state index contributed by atoms with van der Waals surface area (Å²) >= 11 is 0. The number of carbonyl (C=O) groups excluding carboxylic acids is 2. The predicted molar refractivity (Wildman–Crippen MR) is 124 cm³/mol. The van der Waals surface area contributed by atoms with Gasteiger partial charge in [-0.3, -0.25) is 9.59 Å². The zero-order valence-corrected chi connectivity index (χ0v) is 19.3. The molecule has 0 saturated heterocycles. The molecular weight excluding hydrogens is 461 g/mol. The molecule has 4 rings (SSSR count). The van der Waals surface area contributed by atoms with E-state index in [0.717, 1.165) is 35.6 Å². The average molecular weight is 486 g/mol. The first-order valence-corrected chi connectivity index (χ1v) is 11.1. The molecule has 0 atom stereocenters. The van der Waals surface area contributed by atoms with Crippen LogP contribution in [0.2, 0.25) is 0 Å². The first-order chi connectivity index (χ1) is 16.6. The lowest BCUT2D eigenvalue weighted by Crippen LogP contribution is -2.39. The number of ether oxygens (including phenoxy) is 1. The summed E-state index contributed by atoms with van der Waals surface area (Å²) in [6.45, 7) is 0. The van der Waals surface area contributed by atoms with Gasteiger partial charge in [0.1, 0.15) is 11.4 Å². The maximum atomic E-state index is 13.4. The second kappa shape index (κ2) is 9.44. The molecule has 10 heteroatoms. The summed E-state index contributed by atoms with van der Waals surface area (Å²) in [5.74, 6) is -0.252. The van der Waals surface area contributed by atoms with Crippen molar-refractivity contribution in [1.82, 2.24) is 15.1 Å². The second-order valence-electron chi connectivity index (χ2n) is 8.54. The minimum absolute atomic E-state index is 0.0330. The molecule has 2 N–H and O–H groups in total. The van der Waals surface area contributed by atoms with Crippen LogP contribution in [-0.2, 0) is 16.4 Å². The van der Waals surface area contributed by atoms with Crippen LogP contribution in [0, 0.1) is 0 Å². The molecule has 7 nitrogen and oxygen atoms in total. The molecule has 0 aliphatic heterocycles. The maximum absolute atomic E-state index is 13.4. The quantitative estimate of drug-likeness (QED) is 0.507. The highest BCUT2D eigenvalue weighted by molar-refractivity contribution is 6.03. The number of carbonyl (C=O) groups is 2. The molecule has 35 heavy (non-hydrogen) atoms. The van der Waals surface area contributed by atoms with Gasteiger partial charge in [0.2, 0.25) is 5.91 Å². The van der Waals surface area contributed by atoms with E-state index in [1.807, 2.05) is 12.1 Å². The van der Waals surface area contributed by atoms with E-state index in [2.05, 4.69) is 15.7 Å². The molecule has 1 aliphatic rings. The number of amides is 2. The van der Waals surface area contributed by atoms with Crippen LogP contribution in [0.3, 0.4) is 0 Å². The van der Waals surface area contributed by atoms with Crippen molar-refractivity contribution in [2.75, 3.05) is 19.5 Å². The van der Waals surface area contributed by atoms with E-state index in [0.29, 0.717) is 17.9 Å². The fourth-order valence-electron chi connectivity index (χ4n) is 4.27.